The Labute approximate surface area is 240 Å². The Bertz CT molecular complexity index is 2400. The van der Waals surface area contributed by atoms with Gasteiger partial charge in [-0.1, -0.05) is 84.9 Å². The monoisotopic (exact) mass is 538 g/mol. The van der Waals surface area contributed by atoms with Gasteiger partial charge in [0.05, 0.1) is 27.6 Å². The molecule has 9 rings (SSSR count). The van der Waals surface area contributed by atoms with E-state index >= 15 is 0 Å². The lowest BCUT2D eigenvalue weighted by atomic mass is 10.0. The van der Waals surface area contributed by atoms with E-state index in [-0.39, 0.29) is 0 Å². The Morgan fingerprint density at radius 3 is 1.88 bits per heavy atom. The summed E-state index contributed by atoms with van der Waals surface area (Å²) in [7, 11) is 0. The molecule has 6 nitrogen and oxygen atoms in total. The third kappa shape index (κ3) is 3.39. The summed E-state index contributed by atoms with van der Waals surface area (Å²) in [5.74, 6) is 1.92. The standard InChI is InChI=1S/C36H22N6/c1-3-9-24(10-4-1)34-38-35(25-11-5-2-6-12-25)40-36(39-34)26-17-18-30-28(21-26)27-14-8-15-29-33(27)42(22-37-29)31-16-7-13-23-19-20-41(30)32(23)31/h1-22H. The molecule has 42 heavy (non-hydrogen) atoms. The first-order valence-electron chi connectivity index (χ1n) is 13.9. The molecule has 0 aliphatic heterocycles. The Hall–Kier alpha value is -5.88. The predicted octanol–water partition coefficient (Wildman–Crippen LogP) is 8.23. The molecule has 0 bridgehead atoms. The van der Waals surface area contributed by atoms with Crippen LogP contribution in [0.2, 0.25) is 0 Å². The summed E-state index contributed by atoms with van der Waals surface area (Å²) >= 11 is 0. The topological polar surface area (TPSA) is 60.4 Å². The zero-order chi connectivity index (χ0) is 27.6. The number of hydrogen-bond donors (Lipinski definition) is 0. The van der Waals surface area contributed by atoms with E-state index in [1.807, 2.05) is 67.0 Å². The van der Waals surface area contributed by atoms with Crippen LogP contribution in [0.5, 0.6) is 0 Å². The molecule has 0 aliphatic carbocycles. The molecule has 0 radical (unpaired) electrons. The van der Waals surface area contributed by atoms with Gasteiger partial charge in [-0.3, -0.25) is 4.40 Å². The molecule has 196 valence electrons. The fourth-order valence-corrected chi connectivity index (χ4v) is 6.08. The second-order valence-corrected chi connectivity index (χ2v) is 10.5. The molecule has 0 fully saturated rings. The van der Waals surface area contributed by atoms with Gasteiger partial charge < -0.3 is 4.40 Å². The highest BCUT2D eigenvalue weighted by Gasteiger charge is 2.16. The maximum Gasteiger partial charge on any atom is 0.164 e. The van der Waals surface area contributed by atoms with E-state index in [4.69, 9.17) is 19.9 Å². The van der Waals surface area contributed by atoms with Crippen LogP contribution >= 0.6 is 0 Å². The van der Waals surface area contributed by atoms with Crippen LogP contribution in [0, 0.1) is 0 Å². The molecule has 0 spiro atoms. The molecule has 0 aliphatic rings. The van der Waals surface area contributed by atoms with Gasteiger partial charge in [-0.25, -0.2) is 19.9 Å². The normalized spacial score (nSPS) is 11.8. The van der Waals surface area contributed by atoms with Crippen LogP contribution < -0.4 is 0 Å². The highest BCUT2D eigenvalue weighted by molar-refractivity contribution is 6.12. The van der Waals surface area contributed by atoms with Crippen LogP contribution in [0.15, 0.2) is 134 Å². The lowest BCUT2D eigenvalue weighted by Gasteiger charge is -2.11. The fraction of sp³-hybridized carbons (Fsp3) is 0. The molecule has 4 heterocycles. The van der Waals surface area contributed by atoms with E-state index in [0.29, 0.717) is 17.5 Å². The third-order valence-corrected chi connectivity index (χ3v) is 8.02. The van der Waals surface area contributed by atoms with Gasteiger partial charge in [-0.05, 0) is 36.4 Å². The first kappa shape index (κ1) is 22.9. The predicted molar refractivity (Wildman–Crippen MR) is 168 cm³/mol. The van der Waals surface area contributed by atoms with Crippen LogP contribution in [0.1, 0.15) is 0 Å². The summed E-state index contributed by atoms with van der Waals surface area (Å²) in [6, 6.07) is 41.6. The SMILES string of the molecule is c1ccc(-c2nc(-c3ccccc3)nc(-c3ccc4c(c3)c3cccc5ncn(c6cccc7ccn4c76)c53)n2)cc1. The average Bonchev–Trinajstić information content (AvgIpc) is 3.69. The molecule has 0 amide bonds. The van der Waals surface area contributed by atoms with Crippen LogP contribution in [0.25, 0.3) is 77.9 Å². The summed E-state index contributed by atoms with van der Waals surface area (Å²) in [5.41, 5.74) is 8.22. The van der Waals surface area contributed by atoms with E-state index in [2.05, 4.69) is 75.7 Å². The zero-order valence-corrected chi connectivity index (χ0v) is 22.4. The number of para-hydroxylation sites is 2. The molecule has 6 heteroatoms. The van der Waals surface area contributed by atoms with Gasteiger partial charge >= 0.3 is 0 Å². The molecule has 4 aromatic heterocycles. The van der Waals surface area contributed by atoms with Crippen molar-refractivity contribution in [1.29, 1.82) is 0 Å². The van der Waals surface area contributed by atoms with E-state index in [1.54, 1.807) is 0 Å². The lowest BCUT2D eigenvalue weighted by molar-refractivity contribution is 1.07. The van der Waals surface area contributed by atoms with Crippen LogP contribution in [0.3, 0.4) is 0 Å². The van der Waals surface area contributed by atoms with Crippen molar-refractivity contribution in [2.45, 2.75) is 0 Å². The molecule has 0 saturated carbocycles. The Morgan fingerprint density at radius 2 is 1.14 bits per heavy atom. The minimum absolute atomic E-state index is 0.631. The zero-order valence-electron chi connectivity index (χ0n) is 22.4. The van der Waals surface area contributed by atoms with Gasteiger partial charge in [-0.15, -0.1) is 0 Å². The number of imidazole rings is 1. The lowest BCUT2D eigenvalue weighted by Crippen LogP contribution is -2.00. The summed E-state index contributed by atoms with van der Waals surface area (Å²) in [6.07, 6.45) is 4.08. The maximum absolute atomic E-state index is 4.99. The number of rotatable bonds is 3. The van der Waals surface area contributed by atoms with Crippen molar-refractivity contribution >= 4 is 43.7 Å². The molecule has 0 N–H and O–H groups in total. The number of fused-ring (bicyclic) bond motifs is 4. The molecule has 9 aromatic rings. The summed E-state index contributed by atoms with van der Waals surface area (Å²) in [5, 5.41) is 3.38. The van der Waals surface area contributed by atoms with Crippen molar-refractivity contribution in [3.05, 3.63) is 134 Å². The van der Waals surface area contributed by atoms with E-state index in [9.17, 15) is 0 Å². The van der Waals surface area contributed by atoms with E-state index in [0.717, 1.165) is 55.0 Å². The average molecular weight is 539 g/mol. The minimum Gasteiger partial charge on any atom is -0.314 e. The number of hydrogen-bond acceptors (Lipinski definition) is 4. The highest BCUT2D eigenvalue weighted by Crippen LogP contribution is 2.34. The van der Waals surface area contributed by atoms with Gasteiger partial charge in [0.1, 0.15) is 6.33 Å². The van der Waals surface area contributed by atoms with Crippen molar-refractivity contribution in [3.63, 3.8) is 0 Å². The van der Waals surface area contributed by atoms with Gasteiger partial charge in [0, 0.05) is 39.0 Å². The number of benzene rings is 5. The van der Waals surface area contributed by atoms with E-state index < -0.39 is 0 Å². The number of aromatic nitrogens is 6. The quantitative estimate of drug-likeness (QED) is 0.227. The van der Waals surface area contributed by atoms with Gasteiger partial charge in [0.15, 0.2) is 17.5 Å². The third-order valence-electron chi connectivity index (χ3n) is 8.02. The van der Waals surface area contributed by atoms with Crippen molar-refractivity contribution in [2.75, 3.05) is 0 Å². The summed E-state index contributed by atoms with van der Waals surface area (Å²) < 4.78 is 4.49. The minimum atomic E-state index is 0.631. The molecule has 0 saturated heterocycles. The van der Waals surface area contributed by atoms with E-state index in [1.165, 1.54) is 5.39 Å². The Kier molecular flexibility index (Phi) is 4.80. The van der Waals surface area contributed by atoms with Crippen molar-refractivity contribution < 1.29 is 0 Å². The second kappa shape index (κ2) is 8.81. The fourth-order valence-electron chi connectivity index (χ4n) is 6.08. The number of nitrogens with zero attached hydrogens (tertiary/aromatic N) is 6. The second-order valence-electron chi connectivity index (χ2n) is 10.5. The summed E-state index contributed by atoms with van der Waals surface area (Å²) in [4.78, 5) is 19.6. The molecular weight excluding hydrogens is 516 g/mol. The summed E-state index contributed by atoms with van der Waals surface area (Å²) in [6.45, 7) is 0. The van der Waals surface area contributed by atoms with Crippen molar-refractivity contribution in [1.82, 2.24) is 28.7 Å². The molecule has 0 atom stereocenters. The first-order chi connectivity index (χ1) is 20.8. The molecular formula is C36H22N6. The molecule has 5 aromatic carbocycles. The van der Waals surface area contributed by atoms with Crippen LogP contribution in [-0.4, -0.2) is 28.7 Å². The van der Waals surface area contributed by atoms with Gasteiger partial charge in [0.2, 0.25) is 0 Å². The van der Waals surface area contributed by atoms with Gasteiger partial charge in [0.25, 0.3) is 0 Å². The smallest absolute Gasteiger partial charge is 0.164 e. The van der Waals surface area contributed by atoms with Crippen molar-refractivity contribution in [3.8, 4) is 34.2 Å². The Balaban J connectivity index is 1.39. The molecule has 0 unspecified atom stereocenters. The van der Waals surface area contributed by atoms with Gasteiger partial charge in [-0.2, -0.15) is 0 Å². The maximum atomic E-state index is 4.99. The van der Waals surface area contributed by atoms with Crippen LogP contribution in [0.4, 0.5) is 0 Å². The largest absolute Gasteiger partial charge is 0.314 e. The Morgan fingerprint density at radius 1 is 0.452 bits per heavy atom. The van der Waals surface area contributed by atoms with Crippen molar-refractivity contribution in [2.24, 2.45) is 0 Å². The highest BCUT2D eigenvalue weighted by atomic mass is 15.0. The first-order valence-corrected chi connectivity index (χ1v) is 13.9. The van der Waals surface area contributed by atoms with Crippen LogP contribution in [-0.2, 0) is 0 Å².